The van der Waals surface area contributed by atoms with Crippen molar-refractivity contribution in [3.05, 3.63) is 59.5 Å². The number of carbonyl (C=O) groups is 1. The standard InChI is InChI=1S/C16H19NO3/c1-12(13-6-4-3-5-7-13)10-17-11-14-8-9-20-15(14)16(18)19-2/h3-9,12,17H,10-11H2,1-2H3. The van der Waals surface area contributed by atoms with E-state index >= 15 is 0 Å². The first kappa shape index (κ1) is 14.3. The van der Waals surface area contributed by atoms with E-state index in [1.807, 2.05) is 18.2 Å². The first-order chi connectivity index (χ1) is 9.72. The van der Waals surface area contributed by atoms with Crippen LogP contribution in [-0.2, 0) is 11.3 Å². The zero-order valence-corrected chi connectivity index (χ0v) is 11.8. The summed E-state index contributed by atoms with van der Waals surface area (Å²) in [5.74, 6) is 0.236. The van der Waals surface area contributed by atoms with Crippen molar-refractivity contribution in [2.24, 2.45) is 0 Å². The number of rotatable bonds is 6. The second-order valence-electron chi connectivity index (χ2n) is 4.71. The second kappa shape index (κ2) is 6.91. The van der Waals surface area contributed by atoms with E-state index in [4.69, 9.17) is 4.42 Å². The smallest absolute Gasteiger partial charge is 0.374 e. The molecule has 1 aromatic heterocycles. The molecule has 4 heteroatoms. The molecule has 2 rings (SSSR count). The molecule has 1 atom stereocenters. The highest BCUT2D eigenvalue weighted by Gasteiger charge is 2.15. The number of nitrogens with one attached hydrogen (secondary N) is 1. The minimum atomic E-state index is -0.442. The van der Waals surface area contributed by atoms with Gasteiger partial charge in [-0.1, -0.05) is 37.3 Å². The third-order valence-electron chi connectivity index (χ3n) is 3.25. The van der Waals surface area contributed by atoms with Gasteiger partial charge in [0, 0.05) is 18.7 Å². The number of hydrogen-bond donors (Lipinski definition) is 1. The quantitative estimate of drug-likeness (QED) is 0.822. The summed E-state index contributed by atoms with van der Waals surface area (Å²) < 4.78 is 9.82. The third-order valence-corrected chi connectivity index (χ3v) is 3.25. The zero-order valence-electron chi connectivity index (χ0n) is 11.8. The van der Waals surface area contributed by atoms with Crippen molar-refractivity contribution in [3.8, 4) is 0 Å². The maximum absolute atomic E-state index is 11.5. The first-order valence-corrected chi connectivity index (χ1v) is 6.62. The van der Waals surface area contributed by atoms with Crippen LogP contribution in [0.4, 0.5) is 0 Å². The molecule has 0 fully saturated rings. The summed E-state index contributed by atoms with van der Waals surface area (Å²) in [7, 11) is 1.35. The summed E-state index contributed by atoms with van der Waals surface area (Å²) in [4.78, 5) is 11.5. The Kier molecular flexibility index (Phi) is 4.96. The number of carbonyl (C=O) groups excluding carboxylic acids is 1. The molecule has 0 radical (unpaired) electrons. The van der Waals surface area contributed by atoms with Gasteiger partial charge in [0.2, 0.25) is 5.76 Å². The van der Waals surface area contributed by atoms with Gasteiger partial charge in [0.25, 0.3) is 0 Å². The molecule has 4 nitrogen and oxygen atoms in total. The Balaban J connectivity index is 1.87. The predicted molar refractivity (Wildman–Crippen MR) is 76.6 cm³/mol. The van der Waals surface area contributed by atoms with Crippen LogP contribution in [0.2, 0.25) is 0 Å². The summed E-state index contributed by atoms with van der Waals surface area (Å²) >= 11 is 0. The molecule has 0 amide bonds. The lowest BCUT2D eigenvalue weighted by atomic mass is 10.0. The van der Waals surface area contributed by atoms with E-state index in [0.29, 0.717) is 12.5 Å². The first-order valence-electron chi connectivity index (χ1n) is 6.62. The Hall–Kier alpha value is -2.07. The van der Waals surface area contributed by atoms with Crippen molar-refractivity contribution in [2.45, 2.75) is 19.4 Å². The molecule has 0 aliphatic heterocycles. The van der Waals surface area contributed by atoms with Crippen LogP contribution in [0.25, 0.3) is 0 Å². The van der Waals surface area contributed by atoms with Crippen LogP contribution in [0.15, 0.2) is 47.1 Å². The van der Waals surface area contributed by atoms with Gasteiger partial charge in [0.15, 0.2) is 0 Å². The van der Waals surface area contributed by atoms with E-state index in [1.54, 1.807) is 6.07 Å². The van der Waals surface area contributed by atoms with Crippen LogP contribution < -0.4 is 5.32 Å². The summed E-state index contributed by atoms with van der Waals surface area (Å²) in [6, 6.07) is 12.1. The lowest BCUT2D eigenvalue weighted by molar-refractivity contribution is 0.0563. The Morgan fingerprint density at radius 2 is 2.05 bits per heavy atom. The topological polar surface area (TPSA) is 51.5 Å². The predicted octanol–water partition coefficient (Wildman–Crippen LogP) is 2.96. The summed E-state index contributed by atoms with van der Waals surface area (Å²) in [6.45, 7) is 3.58. The van der Waals surface area contributed by atoms with Gasteiger partial charge in [-0.05, 0) is 17.5 Å². The van der Waals surface area contributed by atoms with Crippen molar-refractivity contribution >= 4 is 5.97 Å². The van der Waals surface area contributed by atoms with Crippen molar-refractivity contribution in [1.29, 1.82) is 0 Å². The Bertz CT molecular complexity index is 548. The fourth-order valence-electron chi connectivity index (χ4n) is 2.07. The molecule has 0 bridgehead atoms. The Morgan fingerprint density at radius 1 is 1.30 bits per heavy atom. The van der Waals surface area contributed by atoms with Crippen LogP contribution >= 0.6 is 0 Å². The highest BCUT2D eigenvalue weighted by atomic mass is 16.5. The molecule has 0 aliphatic rings. The molecule has 1 aromatic carbocycles. The number of esters is 1. The van der Waals surface area contributed by atoms with Gasteiger partial charge in [-0.25, -0.2) is 4.79 Å². The Morgan fingerprint density at radius 3 is 2.75 bits per heavy atom. The fraction of sp³-hybridized carbons (Fsp3) is 0.312. The van der Waals surface area contributed by atoms with Crippen LogP contribution in [0.3, 0.4) is 0 Å². The van der Waals surface area contributed by atoms with Crippen molar-refractivity contribution < 1.29 is 13.9 Å². The van der Waals surface area contributed by atoms with Crippen LogP contribution in [0.5, 0.6) is 0 Å². The minimum Gasteiger partial charge on any atom is -0.463 e. The highest BCUT2D eigenvalue weighted by Crippen LogP contribution is 2.15. The van der Waals surface area contributed by atoms with E-state index in [2.05, 4.69) is 29.1 Å². The number of hydrogen-bond acceptors (Lipinski definition) is 4. The molecule has 2 aromatic rings. The molecule has 20 heavy (non-hydrogen) atoms. The van der Waals surface area contributed by atoms with Gasteiger partial charge < -0.3 is 14.5 Å². The van der Waals surface area contributed by atoms with Gasteiger partial charge in [-0.15, -0.1) is 0 Å². The molecular weight excluding hydrogens is 254 g/mol. The molecule has 0 saturated carbocycles. The van der Waals surface area contributed by atoms with E-state index in [-0.39, 0.29) is 5.76 Å². The van der Waals surface area contributed by atoms with Gasteiger partial charge in [-0.3, -0.25) is 0 Å². The van der Waals surface area contributed by atoms with Crippen LogP contribution in [0, 0.1) is 0 Å². The number of benzene rings is 1. The summed E-state index contributed by atoms with van der Waals surface area (Å²) in [6.07, 6.45) is 1.50. The Labute approximate surface area is 118 Å². The molecule has 1 N–H and O–H groups in total. The molecule has 0 saturated heterocycles. The van der Waals surface area contributed by atoms with E-state index in [1.165, 1.54) is 18.9 Å². The maximum atomic E-state index is 11.5. The van der Waals surface area contributed by atoms with Gasteiger partial charge in [0.1, 0.15) is 0 Å². The highest BCUT2D eigenvalue weighted by molar-refractivity contribution is 5.87. The van der Waals surface area contributed by atoms with Gasteiger partial charge in [-0.2, -0.15) is 0 Å². The average molecular weight is 273 g/mol. The number of ether oxygens (including phenoxy) is 1. The zero-order chi connectivity index (χ0) is 14.4. The van der Waals surface area contributed by atoms with E-state index in [0.717, 1.165) is 12.1 Å². The van der Waals surface area contributed by atoms with Crippen molar-refractivity contribution in [1.82, 2.24) is 5.32 Å². The van der Waals surface area contributed by atoms with E-state index in [9.17, 15) is 4.79 Å². The molecule has 0 spiro atoms. The van der Waals surface area contributed by atoms with E-state index < -0.39 is 5.97 Å². The lowest BCUT2D eigenvalue weighted by Crippen LogP contribution is -2.20. The molecular formula is C16H19NO3. The summed E-state index contributed by atoms with van der Waals surface area (Å²) in [5, 5.41) is 3.34. The normalized spacial score (nSPS) is 12.1. The van der Waals surface area contributed by atoms with Crippen LogP contribution in [-0.4, -0.2) is 19.6 Å². The minimum absolute atomic E-state index is 0.271. The fourth-order valence-corrected chi connectivity index (χ4v) is 2.07. The monoisotopic (exact) mass is 273 g/mol. The van der Waals surface area contributed by atoms with Crippen molar-refractivity contribution in [2.75, 3.05) is 13.7 Å². The largest absolute Gasteiger partial charge is 0.463 e. The SMILES string of the molecule is COC(=O)c1occc1CNCC(C)c1ccccc1. The van der Waals surface area contributed by atoms with Gasteiger partial charge in [0.05, 0.1) is 13.4 Å². The molecule has 0 aliphatic carbocycles. The van der Waals surface area contributed by atoms with Crippen molar-refractivity contribution in [3.63, 3.8) is 0 Å². The number of methoxy groups -OCH3 is 1. The van der Waals surface area contributed by atoms with Gasteiger partial charge >= 0.3 is 5.97 Å². The number of furan rings is 1. The third kappa shape index (κ3) is 3.48. The average Bonchev–Trinajstić information content (AvgIpc) is 2.95. The molecule has 1 unspecified atom stereocenters. The molecule has 106 valence electrons. The molecule has 1 heterocycles. The lowest BCUT2D eigenvalue weighted by Gasteiger charge is -2.12. The second-order valence-corrected chi connectivity index (χ2v) is 4.71. The van der Waals surface area contributed by atoms with Crippen LogP contribution in [0.1, 0.15) is 34.5 Å². The summed E-state index contributed by atoms with van der Waals surface area (Å²) in [5.41, 5.74) is 2.11. The maximum Gasteiger partial charge on any atom is 0.374 e.